The number of piperidine rings is 1. The van der Waals surface area contributed by atoms with E-state index in [1.807, 2.05) is 18.2 Å². The molecular formula is C31H33F4N7O2S. The van der Waals surface area contributed by atoms with Crippen LogP contribution >= 0.6 is 12.8 Å². The van der Waals surface area contributed by atoms with Crippen LogP contribution in [0.25, 0.3) is 0 Å². The molecule has 2 aromatic carbocycles. The lowest BCUT2D eigenvalue weighted by atomic mass is 9.90. The summed E-state index contributed by atoms with van der Waals surface area (Å²) in [4.78, 5) is 24.6. The summed E-state index contributed by atoms with van der Waals surface area (Å²) in [5.74, 6) is -1.09. The Bertz CT molecular complexity index is 1540. The molecule has 3 N–H and O–H groups in total. The highest BCUT2D eigenvalue weighted by atomic mass is 32.1. The summed E-state index contributed by atoms with van der Waals surface area (Å²) in [5.41, 5.74) is 0.553. The molecule has 0 aliphatic carbocycles. The number of oxazole rings is 1. The third-order valence-electron chi connectivity index (χ3n) is 7.57. The van der Waals surface area contributed by atoms with E-state index in [9.17, 15) is 22.4 Å². The van der Waals surface area contributed by atoms with Crippen molar-refractivity contribution in [2.45, 2.75) is 24.9 Å². The van der Waals surface area contributed by atoms with Gasteiger partial charge in [0.25, 0.3) is 11.9 Å². The van der Waals surface area contributed by atoms with Crippen LogP contribution in [0.3, 0.4) is 0 Å². The number of carbonyl (C=O) groups excluding carboxylic acids is 1. The Labute approximate surface area is 263 Å². The average molecular weight is 644 g/mol. The predicted molar refractivity (Wildman–Crippen MR) is 168 cm³/mol. The fraction of sp³-hybridized carbons (Fsp3) is 0.323. The lowest BCUT2D eigenvalue weighted by Crippen LogP contribution is -2.43. The van der Waals surface area contributed by atoms with E-state index < -0.39 is 23.5 Å². The molecule has 6 rings (SSSR count). The number of aromatic nitrogens is 2. The van der Waals surface area contributed by atoms with Crippen LogP contribution in [0, 0.1) is 5.82 Å². The van der Waals surface area contributed by atoms with Crippen LogP contribution in [0.4, 0.5) is 40.8 Å². The quantitative estimate of drug-likeness (QED) is 0.145. The second-order valence-electron chi connectivity index (χ2n) is 10.5. The molecule has 0 bridgehead atoms. The molecule has 0 atom stereocenters. The number of halogens is 4. The molecule has 2 aliphatic heterocycles. The van der Waals surface area contributed by atoms with Crippen molar-refractivity contribution < 1.29 is 26.8 Å². The summed E-state index contributed by atoms with van der Waals surface area (Å²) >= 11 is 3.69. The molecule has 0 radical (unpaired) electrons. The third kappa shape index (κ3) is 8.25. The van der Waals surface area contributed by atoms with E-state index >= 15 is 0 Å². The van der Waals surface area contributed by atoms with Crippen molar-refractivity contribution >= 4 is 41.9 Å². The second-order valence-corrected chi connectivity index (χ2v) is 10.8. The molecule has 0 saturated carbocycles. The van der Waals surface area contributed by atoms with Crippen molar-refractivity contribution in [3.63, 3.8) is 0 Å². The second kappa shape index (κ2) is 14.7. The van der Waals surface area contributed by atoms with E-state index in [2.05, 4.69) is 55.2 Å². The van der Waals surface area contributed by atoms with Gasteiger partial charge in [-0.3, -0.25) is 4.79 Å². The molecule has 9 nitrogen and oxygen atoms in total. The van der Waals surface area contributed by atoms with E-state index in [1.54, 1.807) is 35.2 Å². The molecule has 45 heavy (non-hydrogen) atoms. The zero-order valence-corrected chi connectivity index (χ0v) is 25.1. The van der Waals surface area contributed by atoms with Crippen LogP contribution in [0.2, 0.25) is 0 Å². The van der Waals surface area contributed by atoms with E-state index in [4.69, 9.17) is 4.42 Å². The zero-order chi connectivity index (χ0) is 31.8. The third-order valence-corrected chi connectivity index (χ3v) is 7.81. The Hall–Kier alpha value is -4.30. The van der Waals surface area contributed by atoms with Gasteiger partial charge < -0.3 is 29.6 Å². The van der Waals surface area contributed by atoms with Crippen molar-refractivity contribution in [3.05, 3.63) is 95.8 Å². The number of nitrogens with one attached hydrogen (secondary N) is 3. The summed E-state index contributed by atoms with van der Waals surface area (Å²) in [6.45, 7) is 4.26. The van der Waals surface area contributed by atoms with Crippen LogP contribution in [-0.4, -0.2) is 55.1 Å². The van der Waals surface area contributed by atoms with E-state index in [0.29, 0.717) is 24.7 Å². The molecule has 4 aromatic rings. The summed E-state index contributed by atoms with van der Waals surface area (Å²) in [5, 5.41) is 5.72. The van der Waals surface area contributed by atoms with Gasteiger partial charge in [0.2, 0.25) is 5.76 Å². The molecule has 2 aromatic heterocycles. The van der Waals surface area contributed by atoms with Crippen LogP contribution in [0.1, 0.15) is 40.6 Å². The first-order valence-electron chi connectivity index (χ1n) is 14.5. The first-order valence-corrected chi connectivity index (χ1v) is 14.9. The number of benzene rings is 2. The molecule has 0 unspecified atom stereocenters. The number of para-hydroxylation sites is 1. The summed E-state index contributed by atoms with van der Waals surface area (Å²) < 4.78 is 61.5. The van der Waals surface area contributed by atoms with Gasteiger partial charge in [0.15, 0.2) is 5.69 Å². The minimum absolute atomic E-state index is 0.189. The minimum Gasteiger partial charge on any atom is -0.417 e. The Kier molecular flexibility index (Phi) is 10.5. The molecule has 2 aliphatic rings. The molecule has 1 amide bonds. The topological polar surface area (TPSA) is 98.6 Å². The monoisotopic (exact) mass is 643 g/mol. The van der Waals surface area contributed by atoms with Gasteiger partial charge in [0.05, 0.1) is 17.6 Å². The number of piperazine rings is 1. The normalized spacial score (nSPS) is 15.7. The van der Waals surface area contributed by atoms with Crippen molar-refractivity contribution in [2.24, 2.45) is 0 Å². The summed E-state index contributed by atoms with van der Waals surface area (Å²) in [6, 6.07) is 19.5. The number of hydrogen-bond donors (Lipinski definition) is 4. The number of thiol groups is 1. The lowest BCUT2D eigenvalue weighted by Gasteiger charge is -2.31. The van der Waals surface area contributed by atoms with Gasteiger partial charge in [0, 0.05) is 39.3 Å². The van der Waals surface area contributed by atoms with Gasteiger partial charge in [-0.05, 0) is 48.6 Å². The maximum atomic E-state index is 13.7. The van der Waals surface area contributed by atoms with E-state index in [1.165, 1.54) is 17.8 Å². The predicted octanol–water partition coefficient (Wildman–Crippen LogP) is 6.22. The molecule has 14 heteroatoms. The highest BCUT2D eigenvalue weighted by molar-refractivity contribution is 7.81. The summed E-state index contributed by atoms with van der Waals surface area (Å²) in [7, 11) is 0. The molecule has 0 spiro atoms. The smallest absolute Gasteiger partial charge is 0.417 e. The Morgan fingerprint density at radius 3 is 2.22 bits per heavy atom. The average Bonchev–Trinajstić information content (AvgIpc) is 3.54. The number of hydrogen-bond acceptors (Lipinski definition) is 9. The van der Waals surface area contributed by atoms with Crippen molar-refractivity contribution in [1.29, 1.82) is 0 Å². The number of rotatable bonds is 6. The fourth-order valence-electron chi connectivity index (χ4n) is 5.20. The maximum Gasteiger partial charge on any atom is 0.437 e. The van der Waals surface area contributed by atoms with Crippen LogP contribution in [0.5, 0.6) is 0 Å². The van der Waals surface area contributed by atoms with Gasteiger partial charge in [-0.2, -0.15) is 18.2 Å². The number of alkyl halides is 3. The highest BCUT2D eigenvalue weighted by Gasteiger charge is 2.42. The van der Waals surface area contributed by atoms with Crippen molar-refractivity contribution in [1.82, 2.24) is 15.3 Å². The first-order chi connectivity index (χ1) is 21.7. The fourth-order valence-corrected chi connectivity index (χ4v) is 5.38. The zero-order valence-electron chi connectivity index (χ0n) is 24.2. The Balaban J connectivity index is 0.000000383. The van der Waals surface area contributed by atoms with Gasteiger partial charge in [-0.1, -0.05) is 55.3 Å². The van der Waals surface area contributed by atoms with Crippen LogP contribution in [-0.2, 0) is 6.18 Å². The Morgan fingerprint density at radius 2 is 1.62 bits per heavy atom. The number of pyridine rings is 1. The van der Waals surface area contributed by atoms with Gasteiger partial charge >= 0.3 is 6.18 Å². The van der Waals surface area contributed by atoms with Gasteiger partial charge in [0.1, 0.15) is 11.6 Å². The molecule has 2 saturated heterocycles. The molecule has 2 fully saturated rings. The van der Waals surface area contributed by atoms with Crippen LogP contribution in [0.15, 0.2) is 77.3 Å². The number of amides is 1. The summed E-state index contributed by atoms with van der Waals surface area (Å²) in [6.07, 6.45) is -1.91. The number of carbonyl (C=O) groups is 1. The molecule has 238 valence electrons. The van der Waals surface area contributed by atoms with E-state index in [-0.39, 0.29) is 17.5 Å². The minimum atomic E-state index is -4.83. The highest BCUT2D eigenvalue weighted by Crippen LogP contribution is 2.36. The van der Waals surface area contributed by atoms with Crippen LogP contribution < -0.4 is 25.2 Å². The lowest BCUT2D eigenvalue weighted by molar-refractivity contribution is -0.141. The van der Waals surface area contributed by atoms with Gasteiger partial charge in [-0.15, -0.1) is 0 Å². The SMILES string of the molecule is Fc1ccccc1NS.O=C(Nc1ccc(N2CCNCC2)nc1)c1oc(N2CCC(c3ccccc3)CC2)nc1C(F)(F)F. The van der Waals surface area contributed by atoms with Gasteiger partial charge in [-0.25, -0.2) is 9.37 Å². The molecular weight excluding hydrogens is 610 g/mol. The number of nitrogens with zero attached hydrogens (tertiary/aromatic N) is 4. The number of anilines is 4. The Morgan fingerprint density at radius 1 is 0.933 bits per heavy atom. The standard InChI is InChI=1S/C25H27F3N6O2.C6H6FNS/c26-25(27,28)22-21(23(35)31-19-6-7-20(30-16-19)33-14-10-29-11-15-33)36-24(32-22)34-12-8-18(9-13-34)17-4-2-1-3-5-17;7-5-3-1-2-4-6(5)8-9/h1-7,16,18,29H,8-15H2,(H,31,35);1-4,8-9H. The maximum absolute atomic E-state index is 13.7. The molecule has 4 heterocycles. The van der Waals surface area contributed by atoms with Crippen molar-refractivity contribution in [3.8, 4) is 0 Å². The first kappa shape index (κ1) is 32.1. The van der Waals surface area contributed by atoms with E-state index in [0.717, 1.165) is 44.8 Å². The largest absolute Gasteiger partial charge is 0.437 e. The van der Waals surface area contributed by atoms with Crippen molar-refractivity contribution in [2.75, 3.05) is 59.1 Å².